The third-order valence-electron chi connectivity index (χ3n) is 8.61. The van der Waals surface area contributed by atoms with Crippen LogP contribution in [-0.4, -0.2) is 32.4 Å². The van der Waals surface area contributed by atoms with E-state index in [0.717, 1.165) is 82.5 Å². The van der Waals surface area contributed by atoms with Crippen molar-refractivity contribution in [3.05, 3.63) is 76.5 Å². The van der Waals surface area contributed by atoms with E-state index in [0.29, 0.717) is 0 Å². The van der Waals surface area contributed by atoms with Gasteiger partial charge in [0.25, 0.3) is 0 Å². The second kappa shape index (κ2) is 9.00. The Bertz CT molecular complexity index is 1490. The molecule has 4 heterocycles. The molecule has 0 bridgehead atoms. The number of nitrogens with two attached hydrogens (primary N) is 1. The Balaban J connectivity index is 1.15. The van der Waals surface area contributed by atoms with Gasteiger partial charge in [0.05, 0.1) is 21.3 Å². The Hall–Kier alpha value is -2.61. The first-order valence-electron chi connectivity index (χ1n) is 13.3. The van der Waals surface area contributed by atoms with Crippen LogP contribution in [-0.2, 0) is 12.8 Å². The van der Waals surface area contributed by atoms with Gasteiger partial charge in [0, 0.05) is 42.6 Å². The standard InChI is InChI=1S/C29H31ClN6S/c1-18-25(37-23-8-11-32-22(24(23)30)16-19-6-7-19)27-33-12-15-36(27)28(34-18)35-13-9-29(10-14-35)17-20-4-2-3-5-21(20)26(29)31/h2-5,8,11-12,15,19,26H,6-7,9-10,13-14,16-17,31H2,1H3/t26-/m1/s1. The van der Waals surface area contributed by atoms with Gasteiger partial charge >= 0.3 is 0 Å². The summed E-state index contributed by atoms with van der Waals surface area (Å²) in [6.45, 7) is 3.96. The van der Waals surface area contributed by atoms with E-state index in [2.05, 4.69) is 45.5 Å². The highest BCUT2D eigenvalue weighted by Crippen LogP contribution is 2.51. The van der Waals surface area contributed by atoms with Gasteiger partial charge in [0.1, 0.15) is 0 Å². The number of nitrogens with zero attached hydrogens (tertiary/aromatic N) is 5. The summed E-state index contributed by atoms with van der Waals surface area (Å²) in [5.41, 5.74) is 12.6. The molecule has 1 aromatic carbocycles. The summed E-state index contributed by atoms with van der Waals surface area (Å²) in [6.07, 6.45) is 12.5. The van der Waals surface area contributed by atoms with E-state index in [4.69, 9.17) is 27.3 Å². The van der Waals surface area contributed by atoms with Gasteiger partial charge in [-0.05, 0) is 74.0 Å². The second-order valence-electron chi connectivity index (χ2n) is 11.0. The number of hydrogen-bond acceptors (Lipinski definition) is 6. The van der Waals surface area contributed by atoms with Crippen molar-refractivity contribution in [2.45, 2.75) is 61.3 Å². The van der Waals surface area contributed by atoms with Gasteiger partial charge in [-0.1, -0.05) is 47.6 Å². The van der Waals surface area contributed by atoms with Crippen LogP contribution in [0.4, 0.5) is 5.95 Å². The third-order valence-corrected chi connectivity index (χ3v) is 10.4. The lowest BCUT2D eigenvalue weighted by Gasteiger charge is -2.42. The van der Waals surface area contributed by atoms with Crippen molar-refractivity contribution in [2.24, 2.45) is 17.1 Å². The zero-order valence-electron chi connectivity index (χ0n) is 21.0. The first kappa shape index (κ1) is 23.5. The summed E-state index contributed by atoms with van der Waals surface area (Å²) in [6, 6.07) is 10.8. The van der Waals surface area contributed by atoms with Crippen molar-refractivity contribution in [2.75, 3.05) is 18.0 Å². The minimum Gasteiger partial charge on any atom is -0.342 e. The fraction of sp³-hybridized carbons (Fsp3) is 0.414. The molecular formula is C29H31ClN6S. The number of fused-ring (bicyclic) bond motifs is 2. The lowest BCUT2D eigenvalue weighted by Crippen LogP contribution is -2.45. The molecule has 1 spiro atoms. The molecule has 7 rings (SSSR count). The van der Waals surface area contributed by atoms with Crippen molar-refractivity contribution >= 4 is 35.0 Å². The van der Waals surface area contributed by atoms with Gasteiger partial charge in [0.2, 0.25) is 5.95 Å². The van der Waals surface area contributed by atoms with Gasteiger partial charge in [-0.2, -0.15) is 0 Å². The maximum atomic E-state index is 6.82. The van der Waals surface area contributed by atoms with Crippen molar-refractivity contribution in [3.8, 4) is 0 Å². The van der Waals surface area contributed by atoms with Gasteiger partial charge in [0.15, 0.2) is 5.65 Å². The van der Waals surface area contributed by atoms with E-state index in [9.17, 15) is 0 Å². The Morgan fingerprint density at radius 1 is 1.11 bits per heavy atom. The Morgan fingerprint density at radius 3 is 2.70 bits per heavy atom. The van der Waals surface area contributed by atoms with Crippen molar-refractivity contribution in [3.63, 3.8) is 0 Å². The van der Waals surface area contributed by atoms with Crippen molar-refractivity contribution in [1.82, 2.24) is 19.4 Å². The molecule has 6 nitrogen and oxygen atoms in total. The summed E-state index contributed by atoms with van der Waals surface area (Å²) in [5.74, 6) is 1.70. The van der Waals surface area contributed by atoms with Crippen LogP contribution in [0.5, 0.6) is 0 Å². The average Bonchev–Trinajstić information content (AvgIpc) is 3.52. The first-order chi connectivity index (χ1) is 18.0. The van der Waals surface area contributed by atoms with Crippen LogP contribution in [0.2, 0.25) is 5.02 Å². The lowest BCUT2D eigenvalue weighted by molar-refractivity contribution is 0.186. The number of hydrogen-bond donors (Lipinski definition) is 1. The topological polar surface area (TPSA) is 72.3 Å². The molecule has 1 saturated heterocycles. The first-order valence-corrected chi connectivity index (χ1v) is 14.4. The van der Waals surface area contributed by atoms with Gasteiger partial charge < -0.3 is 10.6 Å². The molecular weight excluding hydrogens is 500 g/mol. The number of halogens is 1. The molecule has 1 saturated carbocycles. The Morgan fingerprint density at radius 2 is 1.92 bits per heavy atom. The highest BCUT2D eigenvalue weighted by Gasteiger charge is 2.46. The fourth-order valence-corrected chi connectivity index (χ4v) is 7.54. The number of imidazole rings is 1. The van der Waals surface area contributed by atoms with Crippen LogP contribution in [0.3, 0.4) is 0 Å². The number of aryl methyl sites for hydroxylation is 1. The zero-order chi connectivity index (χ0) is 25.1. The van der Waals surface area contributed by atoms with Crippen molar-refractivity contribution in [1.29, 1.82) is 0 Å². The molecule has 2 fully saturated rings. The smallest absolute Gasteiger partial charge is 0.211 e. The summed E-state index contributed by atoms with van der Waals surface area (Å²) < 4.78 is 2.14. The molecule has 0 unspecified atom stereocenters. The minimum atomic E-state index is 0.113. The van der Waals surface area contributed by atoms with Crippen LogP contribution in [0.25, 0.3) is 5.65 Å². The van der Waals surface area contributed by atoms with Gasteiger partial charge in [-0.3, -0.25) is 9.38 Å². The molecule has 1 atom stereocenters. The number of rotatable bonds is 5. The SMILES string of the molecule is Cc1nc(N2CCC3(CC2)Cc2ccccc2[C@H]3N)n2ccnc2c1Sc1ccnc(CC2CC2)c1Cl. The monoisotopic (exact) mass is 530 g/mol. The average molecular weight is 531 g/mol. The number of anilines is 1. The predicted octanol–water partition coefficient (Wildman–Crippen LogP) is 6.03. The molecule has 37 heavy (non-hydrogen) atoms. The van der Waals surface area contributed by atoms with Crippen LogP contribution >= 0.6 is 23.4 Å². The molecule has 0 radical (unpaired) electrons. The normalized spacial score (nSPS) is 20.6. The van der Waals surface area contributed by atoms with E-state index >= 15 is 0 Å². The predicted molar refractivity (Wildman–Crippen MR) is 148 cm³/mol. The molecule has 1 aliphatic heterocycles. The summed E-state index contributed by atoms with van der Waals surface area (Å²) >= 11 is 8.46. The van der Waals surface area contributed by atoms with E-state index in [1.165, 1.54) is 24.0 Å². The molecule has 2 aliphatic carbocycles. The quantitative estimate of drug-likeness (QED) is 0.339. The molecule has 3 aromatic heterocycles. The molecule has 0 amide bonds. The van der Waals surface area contributed by atoms with E-state index in [1.54, 1.807) is 11.8 Å². The fourth-order valence-electron chi connectivity index (χ4n) is 6.24. The van der Waals surface area contributed by atoms with E-state index < -0.39 is 0 Å². The second-order valence-corrected chi connectivity index (χ2v) is 12.4. The maximum Gasteiger partial charge on any atom is 0.211 e. The molecule has 8 heteroatoms. The molecule has 4 aromatic rings. The number of pyridine rings is 1. The lowest BCUT2D eigenvalue weighted by atomic mass is 9.73. The van der Waals surface area contributed by atoms with Gasteiger partial charge in [-0.15, -0.1) is 0 Å². The van der Waals surface area contributed by atoms with Crippen molar-refractivity contribution < 1.29 is 0 Å². The summed E-state index contributed by atoms with van der Waals surface area (Å²) in [7, 11) is 0. The number of piperidine rings is 1. The summed E-state index contributed by atoms with van der Waals surface area (Å²) in [4.78, 5) is 18.9. The van der Waals surface area contributed by atoms with Crippen LogP contribution in [0.15, 0.2) is 58.7 Å². The van der Waals surface area contributed by atoms with Crippen LogP contribution in [0, 0.1) is 18.3 Å². The minimum absolute atomic E-state index is 0.113. The number of benzene rings is 1. The van der Waals surface area contributed by atoms with Crippen LogP contribution in [0.1, 0.15) is 54.2 Å². The van der Waals surface area contributed by atoms with E-state index in [-0.39, 0.29) is 11.5 Å². The highest BCUT2D eigenvalue weighted by atomic mass is 35.5. The Labute approximate surface area is 226 Å². The zero-order valence-corrected chi connectivity index (χ0v) is 22.6. The van der Waals surface area contributed by atoms with E-state index in [1.807, 2.05) is 24.7 Å². The van der Waals surface area contributed by atoms with Gasteiger partial charge in [-0.25, -0.2) is 9.97 Å². The number of aromatic nitrogens is 4. The largest absolute Gasteiger partial charge is 0.342 e. The summed E-state index contributed by atoms with van der Waals surface area (Å²) in [5, 5.41) is 0.766. The molecule has 3 aliphatic rings. The molecule has 2 N–H and O–H groups in total. The third kappa shape index (κ3) is 4.03. The maximum absolute atomic E-state index is 6.82. The van der Waals surface area contributed by atoms with Crippen LogP contribution < -0.4 is 10.6 Å². The molecule has 190 valence electrons. The highest BCUT2D eigenvalue weighted by molar-refractivity contribution is 7.99. The Kier molecular flexibility index (Phi) is 5.72.